The average Bonchev–Trinajstić information content (AvgIpc) is 2.74. The molecule has 0 radical (unpaired) electrons. The van der Waals surface area contributed by atoms with Crippen molar-refractivity contribution < 1.29 is 14.5 Å². The molecule has 1 aromatic carbocycles. The summed E-state index contributed by atoms with van der Waals surface area (Å²) in [6, 6.07) is 6.33. The van der Waals surface area contributed by atoms with Gasteiger partial charge in [-0.15, -0.1) is 0 Å². The van der Waals surface area contributed by atoms with Gasteiger partial charge >= 0.3 is 0 Å². The van der Waals surface area contributed by atoms with E-state index in [-0.39, 0.29) is 41.7 Å². The number of hydrogen-bond acceptors (Lipinski definition) is 4. The second-order valence-electron chi connectivity index (χ2n) is 6.67. The minimum Gasteiger partial charge on any atom is -0.282 e. The fourth-order valence-electron chi connectivity index (χ4n) is 2.72. The lowest BCUT2D eigenvalue weighted by molar-refractivity contribution is -0.384. The van der Waals surface area contributed by atoms with Gasteiger partial charge in [0.1, 0.15) is 0 Å². The Kier molecular flexibility index (Phi) is 4.30. The molecule has 2 amide bonds. The molecule has 1 atom stereocenters. The molecular formula is C16H20N2O4. The minimum absolute atomic E-state index is 0.0322. The van der Waals surface area contributed by atoms with E-state index in [1.807, 2.05) is 20.8 Å². The van der Waals surface area contributed by atoms with Crippen molar-refractivity contribution in [2.45, 2.75) is 39.5 Å². The van der Waals surface area contributed by atoms with Crippen LogP contribution in [-0.4, -0.2) is 28.2 Å². The monoisotopic (exact) mass is 304 g/mol. The Labute approximate surface area is 129 Å². The van der Waals surface area contributed by atoms with Crippen molar-refractivity contribution >= 4 is 17.5 Å². The van der Waals surface area contributed by atoms with Crippen LogP contribution < -0.4 is 0 Å². The first-order chi connectivity index (χ1) is 10.2. The largest absolute Gasteiger partial charge is 0.282 e. The van der Waals surface area contributed by atoms with Crippen molar-refractivity contribution in [3.8, 4) is 0 Å². The number of nitrogens with zero attached hydrogens (tertiary/aromatic N) is 2. The number of imide groups is 1. The van der Waals surface area contributed by atoms with Gasteiger partial charge in [-0.1, -0.05) is 32.9 Å². The summed E-state index contributed by atoms with van der Waals surface area (Å²) < 4.78 is 0. The lowest BCUT2D eigenvalue weighted by Gasteiger charge is -2.33. The average molecular weight is 304 g/mol. The van der Waals surface area contributed by atoms with Crippen LogP contribution in [0.3, 0.4) is 0 Å². The topological polar surface area (TPSA) is 80.5 Å². The van der Waals surface area contributed by atoms with Crippen LogP contribution in [0.15, 0.2) is 24.3 Å². The van der Waals surface area contributed by atoms with Crippen LogP contribution in [0.25, 0.3) is 0 Å². The van der Waals surface area contributed by atoms with E-state index < -0.39 is 4.92 Å². The van der Waals surface area contributed by atoms with Gasteiger partial charge in [0.15, 0.2) is 0 Å². The number of carbonyl (C=O) groups excluding carboxylic acids is 2. The maximum atomic E-state index is 11.8. The van der Waals surface area contributed by atoms with Gasteiger partial charge in [-0.05, 0) is 11.0 Å². The molecule has 1 saturated heterocycles. The van der Waals surface area contributed by atoms with Gasteiger partial charge in [0.25, 0.3) is 5.69 Å². The predicted octanol–water partition coefficient (Wildman–Crippen LogP) is 2.87. The SMILES string of the molecule is CC(C)(C)C(CN1C(=O)CCC1=O)c1ccc([N+](=O)[O-])cc1. The number of benzene rings is 1. The smallest absolute Gasteiger partial charge is 0.269 e. The Bertz CT molecular complexity index is 586. The van der Waals surface area contributed by atoms with Crippen LogP contribution in [0.1, 0.15) is 45.1 Å². The lowest BCUT2D eigenvalue weighted by atomic mass is 9.76. The second-order valence-corrected chi connectivity index (χ2v) is 6.67. The molecule has 1 aliphatic heterocycles. The molecular weight excluding hydrogens is 284 g/mol. The Morgan fingerprint density at radius 2 is 1.64 bits per heavy atom. The van der Waals surface area contributed by atoms with Crippen molar-refractivity contribution in [3.63, 3.8) is 0 Å². The fourth-order valence-corrected chi connectivity index (χ4v) is 2.72. The zero-order chi connectivity index (χ0) is 16.5. The Balaban J connectivity index is 2.28. The summed E-state index contributed by atoms with van der Waals surface area (Å²) in [5.41, 5.74) is 0.745. The highest BCUT2D eigenvalue weighted by atomic mass is 16.6. The maximum Gasteiger partial charge on any atom is 0.269 e. The van der Waals surface area contributed by atoms with Gasteiger partial charge in [-0.25, -0.2) is 0 Å². The lowest BCUT2D eigenvalue weighted by Crippen LogP contribution is -2.37. The molecule has 0 N–H and O–H groups in total. The first-order valence-corrected chi connectivity index (χ1v) is 7.27. The molecule has 0 saturated carbocycles. The van der Waals surface area contributed by atoms with Crippen molar-refractivity contribution in [2.24, 2.45) is 5.41 Å². The van der Waals surface area contributed by atoms with E-state index in [1.165, 1.54) is 17.0 Å². The molecule has 22 heavy (non-hydrogen) atoms. The number of nitro groups is 1. The van der Waals surface area contributed by atoms with Gasteiger partial charge in [0.05, 0.1) is 4.92 Å². The highest BCUT2D eigenvalue weighted by Gasteiger charge is 2.35. The Hall–Kier alpha value is -2.24. The van der Waals surface area contributed by atoms with E-state index in [2.05, 4.69) is 0 Å². The standard InChI is InChI=1S/C16H20N2O4/c1-16(2,3)13(10-17-14(19)8-9-15(17)20)11-4-6-12(7-5-11)18(21)22/h4-7,13H,8-10H2,1-3H3. The highest BCUT2D eigenvalue weighted by Crippen LogP contribution is 2.37. The van der Waals surface area contributed by atoms with E-state index in [1.54, 1.807) is 12.1 Å². The van der Waals surface area contributed by atoms with E-state index in [0.29, 0.717) is 6.54 Å². The van der Waals surface area contributed by atoms with Crippen LogP contribution in [0.2, 0.25) is 0 Å². The molecule has 1 aliphatic rings. The zero-order valence-electron chi connectivity index (χ0n) is 13.0. The molecule has 0 spiro atoms. The summed E-state index contributed by atoms with van der Waals surface area (Å²) in [7, 11) is 0. The number of likely N-dealkylation sites (tertiary alicyclic amines) is 1. The van der Waals surface area contributed by atoms with E-state index >= 15 is 0 Å². The van der Waals surface area contributed by atoms with Crippen molar-refractivity contribution in [1.29, 1.82) is 0 Å². The number of hydrogen-bond donors (Lipinski definition) is 0. The van der Waals surface area contributed by atoms with Crippen molar-refractivity contribution in [2.75, 3.05) is 6.54 Å². The number of non-ortho nitro benzene ring substituents is 1. The third-order valence-corrected chi connectivity index (χ3v) is 4.07. The molecule has 2 rings (SSSR count). The zero-order valence-corrected chi connectivity index (χ0v) is 13.0. The third-order valence-electron chi connectivity index (χ3n) is 4.07. The van der Waals surface area contributed by atoms with E-state index in [4.69, 9.17) is 0 Å². The third kappa shape index (κ3) is 3.32. The minimum atomic E-state index is -0.441. The van der Waals surface area contributed by atoms with Gasteiger partial charge in [-0.3, -0.25) is 24.6 Å². The van der Waals surface area contributed by atoms with E-state index in [0.717, 1.165) is 5.56 Å². The molecule has 6 nitrogen and oxygen atoms in total. The normalized spacial score (nSPS) is 17.0. The number of carbonyl (C=O) groups is 2. The quantitative estimate of drug-likeness (QED) is 0.486. The van der Waals surface area contributed by atoms with Gasteiger partial charge in [-0.2, -0.15) is 0 Å². The summed E-state index contributed by atoms with van der Waals surface area (Å²) in [4.78, 5) is 35.3. The fraction of sp³-hybridized carbons (Fsp3) is 0.500. The second kappa shape index (κ2) is 5.87. The van der Waals surface area contributed by atoms with Crippen LogP contribution >= 0.6 is 0 Å². The summed E-state index contributed by atoms with van der Waals surface area (Å²) in [6.07, 6.45) is 0.548. The first kappa shape index (κ1) is 16.1. The highest BCUT2D eigenvalue weighted by molar-refractivity contribution is 6.01. The first-order valence-electron chi connectivity index (χ1n) is 7.27. The predicted molar refractivity (Wildman–Crippen MR) is 81.2 cm³/mol. The number of amides is 2. The van der Waals surface area contributed by atoms with Gasteiger partial charge < -0.3 is 0 Å². The van der Waals surface area contributed by atoms with Crippen LogP contribution in [0.5, 0.6) is 0 Å². The van der Waals surface area contributed by atoms with Crippen LogP contribution in [0.4, 0.5) is 5.69 Å². The van der Waals surface area contributed by atoms with Crippen LogP contribution in [0, 0.1) is 15.5 Å². The number of nitro benzene ring substituents is 1. The van der Waals surface area contributed by atoms with Crippen LogP contribution in [-0.2, 0) is 9.59 Å². The molecule has 1 unspecified atom stereocenters. The summed E-state index contributed by atoms with van der Waals surface area (Å²) in [5.74, 6) is -0.346. The maximum absolute atomic E-state index is 11.8. The molecule has 1 fully saturated rings. The van der Waals surface area contributed by atoms with Gasteiger partial charge in [0.2, 0.25) is 11.8 Å². The molecule has 1 heterocycles. The number of rotatable bonds is 4. The summed E-state index contributed by atoms with van der Waals surface area (Å²) in [6.45, 7) is 6.41. The molecule has 0 aliphatic carbocycles. The Morgan fingerprint density at radius 3 is 2.05 bits per heavy atom. The molecule has 118 valence electrons. The summed E-state index contributed by atoms with van der Waals surface area (Å²) in [5, 5.41) is 10.8. The van der Waals surface area contributed by atoms with Crippen molar-refractivity contribution in [1.82, 2.24) is 4.90 Å². The molecule has 1 aromatic rings. The van der Waals surface area contributed by atoms with Gasteiger partial charge in [0, 0.05) is 37.4 Å². The summed E-state index contributed by atoms with van der Waals surface area (Å²) >= 11 is 0. The molecule has 0 bridgehead atoms. The van der Waals surface area contributed by atoms with E-state index in [9.17, 15) is 19.7 Å². The molecule has 0 aromatic heterocycles. The Morgan fingerprint density at radius 1 is 1.14 bits per heavy atom. The van der Waals surface area contributed by atoms with Crippen molar-refractivity contribution in [3.05, 3.63) is 39.9 Å². The molecule has 6 heteroatoms.